The molecule has 2 heterocycles. The molecule has 0 saturated heterocycles. The first-order chi connectivity index (χ1) is 12.9. The van der Waals surface area contributed by atoms with E-state index in [9.17, 15) is 10.2 Å². The number of anilines is 2. The number of aryl methyl sites for hydroxylation is 1. The van der Waals surface area contributed by atoms with Crippen molar-refractivity contribution < 1.29 is 10.2 Å². The zero-order valence-electron chi connectivity index (χ0n) is 15.4. The number of imidazole rings is 1. The number of aromatic nitrogens is 4. The molecule has 0 aliphatic carbocycles. The molecule has 3 rings (SSSR count). The predicted octanol–water partition coefficient (Wildman–Crippen LogP) is 2.91. The van der Waals surface area contributed by atoms with Gasteiger partial charge in [0.2, 0.25) is 5.95 Å². The maximum absolute atomic E-state index is 10.0. The molecule has 2 unspecified atom stereocenters. The number of rotatable bonds is 7. The number of phenolic OH excluding ortho intramolecular Hbond substituents is 1. The van der Waals surface area contributed by atoms with Crippen LogP contribution in [0.2, 0.25) is 5.02 Å². The van der Waals surface area contributed by atoms with Gasteiger partial charge in [-0.25, -0.2) is 4.98 Å². The second kappa shape index (κ2) is 7.98. The smallest absolute Gasteiger partial charge is 0.227 e. The van der Waals surface area contributed by atoms with Gasteiger partial charge in [-0.2, -0.15) is 9.97 Å². The van der Waals surface area contributed by atoms with Crippen molar-refractivity contribution in [3.63, 3.8) is 0 Å². The van der Waals surface area contributed by atoms with Crippen molar-refractivity contribution in [2.45, 2.75) is 39.0 Å². The third kappa shape index (κ3) is 4.23. The Labute approximate surface area is 162 Å². The second-order valence-corrected chi connectivity index (χ2v) is 6.89. The predicted molar refractivity (Wildman–Crippen MR) is 106 cm³/mol. The highest BCUT2D eigenvalue weighted by molar-refractivity contribution is 6.30. The van der Waals surface area contributed by atoms with Gasteiger partial charge in [0.05, 0.1) is 18.5 Å². The quantitative estimate of drug-likeness (QED) is 0.491. The van der Waals surface area contributed by atoms with E-state index in [2.05, 4.69) is 25.6 Å². The number of aliphatic hydroxyl groups is 1. The van der Waals surface area contributed by atoms with Crippen molar-refractivity contribution in [3.8, 4) is 5.75 Å². The highest BCUT2D eigenvalue weighted by Crippen LogP contribution is 2.25. The number of halogens is 1. The zero-order valence-corrected chi connectivity index (χ0v) is 16.2. The Morgan fingerprint density at radius 1 is 1.30 bits per heavy atom. The normalized spacial score (nSPS) is 13.5. The lowest BCUT2D eigenvalue weighted by atomic mass is 10.1. The average Bonchev–Trinajstić information content (AvgIpc) is 3.01. The highest BCUT2D eigenvalue weighted by Gasteiger charge is 2.17. The van der Waals surface area contributed by atoms with Gasteiger partial charge in [0.1, 0.15) is 5.75 Å². The molecule has 2 aromatic heterocycles. The van der Waals surface area contributed by atoms with Crippen molar-refractivity contribution in [1.29, 1.82) is 0 Å². The van der Waals surface area contributed by atoms with Gasteiger partial charge in [0.25, 0.3) is 0 Å². The van der Waals surface area contributed by atoms with Gasteiger partial charge in [0, 0.05) is 24.2 Å². The molecule has 0 aliphatic rings. The van der Waals surface area contributed by atoms with Gasteiger partial charge in [0.15, 0.2) is 17.0 Å². The molecular weight excluding hydrogens is 368 g/mol. The number of aromatic hydroxyl groups is 1. The molecule has 0 fully saturated rings. The van der Waals surface area contributed by atoms with Crippen LogP contribution >= 0.6 is 11.6 Å². The Kier molecular flexibility index (Phi) is 5.67. The summed E-state index contributed by atoms with van der Waals surface area (Å²) in [6.45, 7) is 4.03. The third-order valence-electron chi connectivity index (χ3n) is 4.38. The van der Waals surface area contributed by atoms with E-state index in [0.717, 1.165) is 6.42 Å². The Bertz CT molecular complexity index is 943. The molecule has 4 N–H and O–H groups in total. The van der Waals surface area contributed by atoms with E-state index in [1.165, 1.54) is 0 Å². The molecule has 0 aliphatic heterocycles. The minimum atomic E-state index is -0.541. The van der Waals surface area contributed by atoms with Crippen LogP contribution in [0.15, 0.2) is 24.5 Å². The van der Waals surface area contributed by atoms with E-state index >= 15 is 0 Å². The van der Waals surface area contributed by atoms with Gasteiger partial charge < -0.3 is 25.4 Å². The molecule has 3 aromatic rings. The summed E-state index contributed by atoms with van der Waals surface area (Å²) in [6.07, 6.45) is 1.85. The first-order valence-electron chi connectivity index (χ1n) is 8.74. The fourth-order valence-electron chi connectivity index (χ4n) is 2.80. The first kappa shape index (κ1) is 19.2. The first-order valence-corrected chi connectivity index (χ1v) is 9.11. The number of nitrogens with one attached hydrogen (secondary N) is 2. The number of hydrogen-bond donors (Lipinski definition) is 4. The highest BCUT2D eigenvalue weighted by atomic mass is 35.5. The molecular formula is C18H23ClN6O2. The summed E-state index contributed by atoms with van der Waals surface area (Å²) in [5.74, 6) is 1.08. The van der Waals surface area contributed by atoms with E-state index in [4.69, 9.17) is 11.6 Å². The molecule has 144 valence electrons. The van der Waals surface area contributed by atoms with Gasteiger partial charge in [-0.15, -0.1) is 0 Å². The van der Waals surface area contributed by atoms with Crippen LogP contribution in [0, 0.1) is 0 Å². The number of phenols is 1. The molecule has 8 nitrogen and oxygen atoms in total. The van der Waals surface area contributed by atoms with Crippen LogP contribution in [0.1, 0.15) is 25.8 Å². The van der Waals surface area contributed by atoms with Crippen molar-refractivity contribution in [2.75, 3.05) is 10.6 Å². The van der Waals surface area contributed by atoms with Crippen LogP contribution in [-0.2, 0) is 13.6 Å². The Hall–Kier alpha value is -2.58. The second-order valence-electron chi connectivity index (χ2n) is 6.45. The van der Waals surface area contributed by atoms with Gasteiger partial charge >= 0.3 is 0 Å². The Balaban J connectivity index is 1.92. The minimum absolute atomic E-state index is 0.150. The summed E-state index contributed by atoms with van der Waals surface area (Å²) in [5.41, 5.74) is 1.93. The third-order valence-corrected chi connectivity index (χ3v) is 4.62. The fourth-order valence-corrected chi connectivity index (χ4v) is 2.99. The lowest BCUT2D eigenvalue weighted by Crippen LogP contribution is -2.31. The van der Waals surface area contributed by atoms with E-state index in [-0.39, 0.29) is 11.8 Å². The van der Waals surface area contributed by atoms with Crippen molar-refractivity contribution in [2.24, 2.45) is 7.05 Å². The van der Waals surface area contributed by atoms with E-state index < -0.39 is 6.10 Å². The number of hydrogen-bond acceptors (Lipinski definition) is 7. The van der Waals surface area contributed by atoms with Crippen LogP contribution in [0.25, 0.3) is 11.2 Å². The SMILES string of the molecule is CCC(Nc1nc(NCc2cc(Cl)ccc2O)c2ncn(C)c2n1)C(C)O. The largest absolute Gasteiger partial charge is 0.508 e. The topological polar surface area (TPSA) is 108 Å². The van der Waals surface area contributed by atoms with Gasteiger partial charge in [-0.3, -0.25) is 0 Å². The van der Waals surface area contributed by atoms with Crippen LogP contribution in [0.4, 0.5) is 11.8 Å². The zero-order chi connectivity index (χ0) is 19.6. The lowest BCUT2D eigenvalue weighted by Gasteiger charge is -2.20. The molecule has 1 aromatic carbocycles. The van der Waals surface area contributed by atoms with Crippen LogP contribution in [0.3, 0.4) is 0 Å². The maximum atomic E-state index is 10.0. The van der Waals surface area contributed by atoms with Gasteiger partial charge in [-0.1, -0.05) is 18.5 Å². The summed E-state index contributed by atoms with van der Waals surface area (Å²) >= 11 is 6.01. The lowest BCUT2D eigenvalue weighted by molar-refractivity contribution is 0.169. The van der Waals surface area contributed by atoms with Crippen molar-refractivity contribution in [1.82, 2.24) is 19.5 Å². The summed E-state index contributed by atoms with van der Waals surface area (Å²) < 4.78 is 1.80. The number of benzene rings is 1. The standard InChI is InChI=1S/C18H23ClN6O2/c1-4-13(10(2)26)22-18-23-16(15-17(24-18)25(3)9-21-15)20-8-11-7-12(19)5-6-14(11)27/h5-7,9-10,13,26-27H,4,8H2,1-3H3,(H2,20,22,23,24). The minimum Gasteiger partial charge on any atom is -0.508 e. The monoisotopic (exact) mass is 390 g/mol. The van der Waals surface area contributed by atoms with Gasteiger partial charge in [-0.05, 0) is 31.5 Å². The average molecular weight is 391 g/mol. The maximum Gasteiger partial charge on any atom is 0.227 e. The van der Waals surface area contributed by atoms with Crippen LogP contribution < -0.4 is 10.6 Å². The van der Waals surface area contributed by atoms with E-state index in [0.29, 0.717) is 40.1 Å². The summed E-state index contributed by atoms with van der Waals surface area (Å²) in [4.78, 5) is 13.4. The molecule has 0 radical (unpaired) electrons. The number of fused-ring (bicyclic) bond motifs is 1. The molecule has 0 bridgehead atoms. The molecule has 0 spiro atoms. The van der Waals surface area contributed by atoms with Crippen LogP contribution in [-0.4, -0.2) is 41.9 Å². The van der Waals surface area contributed by atoms with E-state index in [1.807, 2.05) is 14.0 Å². The number of aliphatic hydroxyl groups excluding tert-OH is 1. The van der Waals surface area contributed by atoms with E-state index in [1.54, 1.807) is 36.0 Å². The Morgan fingerprint density at radius 3 is 2.78 bits per heavy atom. The summed E-state index contributed by atoms with van der Waals surface area (Å²) in [7, 11) is 1.85. The van der Waals surface area contributed by atoms with Crippen LogP contribution in [0.5, 0.6) is 5.75 Å². The molecule has 2 atom stereocenters. The van der Waals surface area contributed by atoms with Crippen molar-refractivity contribution in [3.05, 3.63) is 35.1 Å². The molecule has 0 saturated carbocycles. The number of nitrogens with zero attached hydrogens (tertiary/aromatic N) is 4. The summed E-state index contributed by atoms with van der Waals surface area (Å²) in [5, 5.41) is 26.8. The Morgan fingerprint density at radius 2 is 2.07 bits per heavy atom. The fraction of sp³-hybridized carbons (Fsp3) is 0.389. The molecule has 9 heteroatoms. The molecule has 27 heavy (non-hydrogen) atoms. The van der Waals surface area contributed by atoms with Crippen molar-refractivity contribution >= 4 is 34.5 Å². The summed E-state index contributed by atoms with van der Waals surface area (Å²) in [6, 6.07) is 4.71. The molecule has 0 amide bonds.